The van der Waals surface area contributed by atoms with Crippen LogP contribution in [-0.2, 0) is 22.3 Å². The number of hydrogen-bond acceptors (Lipinski definition) is 11. The molecule has 3 amide bonds. The van der Waals surface area contributed by atoms with E-state index in [0.717, 1.165) is 22.7 Å². The third-order valence-electron chi connectivity index (χ3n) is 8.72. The molecule has 19 heteroatoms. The quantitative estimate of drug-likeness (QED) is 0.107. The third-order valence-corrected chi connectivity index (χ3v) is 9.03. The highest BCUT2D eigenvalue weighted by Gasteiger charge is 2.34. The SMILES string of the molecule is C=NN(CC(=O)Nc1ccc(C(F)(F)F)cc1Cl)C(=O)/C(=C(/CC)NN(C)Cc1ccc2c(c1)OCO2)N1CCN(C(=O)c2nccc3[nH]cnc23)CC1. The molecule has 0 spiro atoms. The number of aromatic nitrogens is 3. The Bertz CT molecular complexity index is 2100. The second kappa shape index (κ2) is 16.0. The number of alkyl halides is 3. The normalized spacial score (nSPS) is 14.6. The molecule has 2 aliphatic rings. The Kier molecular flexibility index (Phi) is 11.2. The molecule has 1 fully saturated rings. The Hall–Kier alpha value is -5.88. The van der Waals surface area contributed by atoms with Crippen LogP contribution in [0.4, 0.5) is 18.9 Å². The maximum atomic E-state index is 14.4. The molecule has 15 nitrogen and oxygen atoms in total. The first-order valence-electron chi connectivity index (χ1n) is 16.7. The minimum absolute atomic E-state index is 0.0799. The number of allylic oxidation sites excluding steroid dienone is 1. The molecular formula is C35H36ClF3N10O5. The summed E-state index contributed by atoms with van der Waals surface area (Å²) in [5.41, 5.74) is 5.16. The van der Waals surface area contributed by atoms with Crippen LogP contribution < -0.4 is 20.2 Å². The van der Waals surface area contributed by atoms with Gasteiger partial charge in [0.15, 0.2) is 17.2 Å². The Morgan fingerprint density at radius 1 is 1.04 bits per heavy atom. The van der Waals surface area contributed by atoms with Gasteiger partial charge in [-0.1, -0.05) is 24.6 Å². The number of H-pyrrole nitrogens is 1. The molecule has 6 rings (SSSR count). The van der Waals surface area contributed by atoms with Crippen molar-refractivity contribution in [2.75, 3.05) is 51.9 Å². The number of nitrogens with zero attached hydrogens (tertiary/aromatic N) is 7. The number of hydrogen-bond donors (Lipinski definition) is 3. The number of rotatable bonds is 12. The van der Waals surface area contributed by atoms with E-state index in [-0.39, 0.29) is 61.0 Å². The number of ether oxygens (including phenoxy) is 2. The lowest BCUT2D eigenvalue weighted by atomic mass is 10.1. The summed E-state index contributed by atoms with van der Waals surface area (Å²) < 4.78 is 50.4. The molecule has 2 aromatic heterocycles. The average Bonchev–Trinajstić information content (AvgIpc) is 3.83. The second-order valence-electron chi connectivity index (χ2n) is 12.3. The standard InChI is InChI=1S/C35H36ClF3N10O5/c1-4-24(45-46(3)17-21-5-8-27-28(15-21)54-20-53-27)32(47-11-13-48(14-12-47)33(51)31-30-26(9-10-41-31)42-19-43-30)34(52)49(40-2)18-29(50)44-25-7-6-22(16-23(25)36)35(37,38)39/h5-10,15-16,19,45H,2,4,11-14,17-18,20H2,1,3H3,(H,42,43)(H,44,50)/b32-24+. The van der Waals surface area contributed by atoms with Gasteiger partial charge < -0.3 is 35.0 Å². The highest BCUT2D eigenvalue weighted by molar-refractivity contribution is 6.33. The summed E-state index contributed by atoms with van der Waals surface area (Å²) in [7, 11) is 1.80. The van der Waals surface area contributed by atoms with Crippen LogP contribution in [0.3, 0.4) is 0 Å². The van der Waals surface area contributed by atoms with Crippen molar-refractivity contribution in [1.82, 2.24) is 40.2 Å². The van der Waals surface area contributed by atoms with Crippen LogP contribution in [0.15, 0.2) is 71.5 Å². The van der Waals surface area contributed by atoms with Crippen LogP contribution >= 0.6 is 11.6 Å². The molecule has 4 heterocycles. The fourth-order valence-corrected chi connectivity index (χ4v) is 6.30. The Balaban J connectivity index is 1.22. The number of hydrazone groups is 1. The van der Waals surface area contributed by atoms with Crippen molar-refractivity contribution >= 4 is 52.8 Å². The zero-order chi connectivity index (χ0) is 38.6. The van der Waals surface area contributed by atoms with Crippen molar-refractivity contribution in [2.45, 2.75) is 26.1 Å². The number of benzene rings is 2. The monoisotopic (exact) mass is 768 g/mol. The first kappa shape index (κ1) is 37.9. The van der Waals surface area contributed by atoms with E-state index in [1.807, 2.05) is 25.1 Å². The second-order valence-corrected chi connectivity index (χ2v) is 12.7. The van der Waals surface area contributed by atoms with Crippen LogP contribution in [-0.4, -0.2) is 106 Å². The fourth-order valence-electron chi connectivity index (χ4n) is 6.07. The summed E-state index contributed by atoms with van der Waals surface area (Å²) in [5.74, 6) is -0.500. The van der Waals surface area contributed by atoms with Crippen LogP contribution in [0.25, 0.3) is 11.0 Å². The Morgan fingerprint density at radius 3 is 2.48 bits per heavy atom. The predicted molar refractivity (Wildman–Crippen MR) is 192 cm³/mol. The number of piperazine rings is 1. The van der Waals surface area contributed by atoms with E-state index < -0.39 is 30.1 Å². The van der Waals surface area contributed by atoms with Gasteiger partial charge in [0.25, 0.3) is 11.8 Å². The maximum absolute atomic E-state index is 14.4. The number of nitrogens with one attached hydrogen (secondary N) is 3. The van der Waals surface area contributed by atoms with Gasteiger partial charge in [-0.2, -0.15) is 18.3 Å². The maximum Gasteiger partial charge on any atom is 0.416 e. The average molecular weight is 769 g/mol. The van der Waals surface area contributed by atoms with Crippen molar-refractivity contribution in [2.24, 2.45) is 5.10 Å². The summed E-state index contributed by atoms with van der Waals surface area (Å²) in [6, 6.07) is 9.80. The molecule has 2 aromatic carbocycles. The molecule has 0 radical (unpaired) electrons. The number of anilines is 1. The van der Waals surface area contributed by atoms with Crippen molar-refractivity contribution in [3.8, 4) is 11.5 Å². The molecule has 4 aromatic rings. The highest BCUT2D eigenvalue weighted by Crippen LogP contribution is 2.34. The number of carbonyl (C=O) groups is 3. The summed E-state index contributed by atoms with van der Waals surface area (Å²) in [6.07, 6.45) is -1.27. The number of carbonyl (C=O) groups excluding carboxylic acids is 3. The number of imidazole rings is 1. The molecule has 0 unspecified atom stereocenters. The number of amides is 3. The summed E-state index contributed by atoms with van der Waals surface area (Å²) in [5, 5.41) is 8.59. The van der Waals surface area contributed by atoms with E-state index in [1.165, 1.54) is 12.5 Å². The van der Waals surface area contributed by atoms with Crippen LogP contribution in [0.1, 0.15) is 35.0 Å². The Labute approximate surface area is 312 Å². The lowest BCUT2D eigenvalue weighted by molar-refractivity contribution is -0.137. The van der Waals surface area contributed by atoms with Crippen molar-refractivity contribution < 1.29 is 37.0 Å². The fraction of sp³-hybridized carbons (Fsp3) is 0.314. The molecular weight excluding hydrogens is 733 g/mol. The van der Waals surface area contributed by atoms with Gasteiger partial charge in [0.05, 0.1) is 33.8 Å². The van der Waals surface area contributed by atoms with Crippen molar-refractivity contribution in [3.05, 3.63) is 88.2 Å². The van der Waals surface area contributed by atoms with Crippen LogP contribution in [0, 0.1) is 0 Å². The van der Waals surface area contributed by atoms with Crippen molar-refractivity contribution in [1.29, 1.82) is 0 Å². The van der Waals surface area contributed by atoms with E-state index >= 15 is 0 Å². The van der Waals surface area contributed by atoms with Crippen LogP contribution in [0.2, 0.25) is 5.02 Å². The molecule has 0 saturated carbocycles. The van der Waals surface area contributed by atoms with E-state index in [4.69, 9.17) is 21.1 Å². The third kappa shape index (κ3) is 8.34. The molecule has 0 aliphatic carbocycles. The summed E-state index contributed by atoms with van der Waals surface area (Å²) in [6.45, 7) is 6.20. The van der Waals surface area contributed by atoms with Gasteiger partial charge in [-0.05, 0) is 48.4 Å². The van der Waals surface area contributed by atoms with Crippen molar-refractivity contribution in [3.63, 3.8) is 0 Å². The van der Waals surface area contributed by atoms with E-state index in [9.17, 15) is 27.6 Å². The van der Waals surface area contributed by atoms with Gasteiger partial charge in [-0.25, -0.2) is 20.0 Å². The molecule has 1 saturated heterocycles. The molecule has 2 aliphatic heterocycles. The van der Waals surface area contributed by atoms with E-state index in [0.29, 0.717) is 47.3 Å². The lowest BCUT2D eigenvalue weighted by Crippen LogP contribution is -2.52. The zero-order valence-corrected chi connectivity index (χ0v) is 30.0. The molecule has 3 N–H and O–H groups in total. The lowest BCUT2D eigenvalue weighted by Gasteiger charge is -2.38. The molecule has 0 atom stereocenters. The molecule has 54 heavy (non-hydrogen) atoms. The summed E-state index contributed by atoms with van der Waals surface area (Å²) >= 11 is 6.05. The van der Waals surface area contributed by atoms with Gasteiger partial charge in [0.1, 0.15) is 17.8 Å². The first-order valence-corrected chi connectivity index (χ1v) is 17.1. The number of pyridine rings is 1. The minimum atomic E-state index is -4.63. The van der Waals surface area contributed by atoms with Gasteiger partial charge in [0, 0.05) is 52.7 Å². The summed E-state index contributed by atoms with van der Waals surface area (Å²) in [4.78, 5) is 56.0. The van der Waals surface area contributed by atoms with E-state index in [2.05, 4.69) is 37.5 Å². The van der Waals surface area contributed by atoms with Gasteiger partial charge in [0.2, 0.25) is 12.7 Å². The van der Waals surface area contributed by atoms with Crippen LogP contribution in [0.5, 0.6) is 11.5 Å². The number of halogens is 4. The van der Waals surface area contributed by atoms with E-state index in [1.54, 1.807) is 27.9 Å². The van der Waals surface area contributed by atoms with Gasteiger partial charge >= 0.3 is 6.18 Å². The van der Waals surface area contributed by atoms with Gasteiger partial charge in [-0.15, -0.1) is 0 Å². The van der Waals surface area contributed by atoms with Gasteiger partial charge in [-0.3, -0.25) is 14.4 Å². The minimum Gasteiger partial charge on any atom is -0.454 e. The number of hydrazine groups is 1. The number of aromatic amines is 1. The number of fused-ring (bicyclic) bond motifs is 2. The predicted octanol–water partition coefficient (Wildman–Crippen LogP) is 4.46. The smallest absolute Gasteiger partial charge is 0.416 e. The first-order chi connectivity index (χ1) is 25.9. The Morgan fingerprint density at radius 2 is 1.78 bits per heavy atom. The molecule has 284 valence electrons. The highest BCUT2D eigenvalue weighted by atomic mass is 35.5. The topological polar surface area (TPSA) is 161 Å². The molecule has 0 bridgehead atoms. The zero-order valence-electron chi connectivity index (χ0n) is 29.2. The largest absolute Gasteiger partial charge is 0.454 e.